The van der Waals surface area contributed by atoms with Crippen molar-refractivity contribution in [1.29, 1.82) is 0 Å². The van der Waals surface area contributed by atoms with E-state index in [9.17, 15) is 18.0 Å². The molecule has 0 bridgehead atoms. The van der Waals surface area contributed by atoms with E-state index in [1.54, 1.807) is 0 Å². The van der Waals surface area contributed by atoms with E-state index < -0.39 is 12.7 Å². The molecule has 0 aromatic carbocycles. The van der Waals surface area contributed by atoms with Crippen LogP contribution in [0.4, 0.5) is 13.2 Å². The zero-order valence-corrected chi connectivity index (χ0v) is 9.31. The highest BCUT2D eigenvalue weighted by Crippen LogP contribution is 2.22. The molecule has 1 aliphatic rings. The van der Waals surface area contributed by atoms with Crippen molar-refractivity contribution in [3.05, 3.63) is 0 Å². The van der Waals surface area contributed by atoms with Gasteiger partial charge in [-0.05, 0) is 32.9 Å². The normalized spacial score (nSPS) is 19.8. The number of piperidine rings is 1. The third kappa shape index (κ3) is 4.38. The highest BCUT2D eigenvalue weighted by molar-refractivity contribution is 5.78. The summed E-state index contributed by atoms with van der Waals surface area (Å²) in [7, 11) is 0. The van der Waals surface area contributed by atoms with Crippen molar-refractivity contribution in [2.45, 2.75) is 25.9 Å². The molecule has 1 saturated heterocycles. The molecule has 16 heavy (non-hydrogen) atoms. The fraction of sp³-hybridized carbons (Fsp3) is 0.900. The summed E-state index contributed by atoms with van der Waals surface area (Å²) < 4.78 is 36.3. The molecule has 0 atom stereocenters. The number of amides is 1. The predicted molar refractivity (Wildman–Crippen MR) is 53.9 cm³/mol. The van der Waals surface area contributed by atoms with Crippen LogP contribution in [0.3, 0.4) is 0 Å². The third-order valence-electron chi connectivity index (χ3n) is 2.71. The predicted octanol–water partition coefficient (Wildman–Crippen LogP) is 1.40. The van der Waals surface area contributed by atoms with Gasteiger partial charge in [0.1, 0.15) is 0 Å². The molecule has 1 aliphatic heterocycles. The Balaban J connectivity index is 2.31. The zero-order chi connectivity index (χ0) is 12.2. The number of hydrogen-bond donors (Lipinski definition) is 1. The Labute approximate surface area is 93.0 Å². The molecular weight excluding hydrogens is 221 g/mol. The quantitative estimate of drug-likeness (QED) is 0.806. The fourth-order valence-electron chi connectivity index (χ4n) is 1.93. The number of nitrogens with one attached hydrogen (secondary N) is 1. The van der Waals surface area contributed by atoms with Gasteiger partial charge in [-0.2, -0.15) is 13.2 Å². The first kappa shape index (κ1) is 13.3. The molecule has 0 saturated carbocycles. The number of nitrogens with zero attached hydrogens (tertiary/aromatic N) is 1. The monoisotopic (exact) mass is 238 g/mol. The van der Waals surface area contributed by atoms with Crippen molar-refractivity contribution in [3.63, 3.8) is 0 Å². The van der Waals surface area contributed by atoms with Crippen LogP contribution >= 0.6 is 0 Å². The van der Waals surface area contributed by atoms with Crippen molar-refractivity contribution < 1.29 is 18.0 Å². The maximum atomic E-state index is 12.1. The summed E-state index contributed by atoms with van der Waals surface area (Å²) in [5.74, 6) is -0.154. The Morgan fingerprint density at radius 2 is 1.94 bits per heavy atom. The Hall–Kier alpha value is -0.780. The maximum Gasteiger partial charge on any atom is 0.401 e. The highest BCUT2D eigenvalue weighted by atomic mass is 19.4. The van der Waals surface area contributed by atoms with E-state index in [0.717, 1.165) is 0 Å². The van der Waals surface area contributed by atoms with E-state index >= 15 is 0 Å². The molecule has 1 heterocycles. The molecule has 0 unspecified atom stereocenters. The minimum absolute atomic E-state index is 0.0332. The number of halogens is 3. The summed E-state index contributed by atoms with van der Waals surface area (Å²) in [6.07, 6.45) is -3.11. The maximum absolute atomic E-state index is 12.1. The van der Waals surface area contributed by atoms with E-state index in [4.69, 9.17) is 0 Å². The smallest absolute Gasteiger partial charge is 0.356 e. The van der Waals surface area contributed by atoms with Crippen LogP contribution < -0.4 is 5.32 Å². The summed E-state index contributed by atoms with van der Waals surface area (Å²) in [5.41, 5.74) is 0. The number of carbonyl (C=O) groups is 1. The highest BCUT2D eigenvalue weighted by Gasteiger charge is 2.33. The molecule has 1 N–H and O–H groups in total. The number of carbonyl (C=O) groups excluding carboxylic acids is 1. The average Bonchev–Trinajstić information content (AvgIpc) is 2.16. The van der Waals surface area contributed by atoms with E-state index in [0.29, 0.717) is 32.5 Å². The van der Waals surface area contributed by atoms with Crippen molar-refractivity contribution in [2.24, 2.45) is 5.92 Å². The molecular formula is C10H17F3N2O. The first-order valence-corrected chi connectivity index (χ1v) is 5.49. The van der Waals surface area contributed by atoms with Gasteiger partial charge in [0.05, 0.1) is 6.54 Å². The second-order valence-electron chi connectivity index (χ2n) is 4.06. The van der Waals surface area contributed by atoms with Crippen LogP contribution in [0, 0.1) is 5.92 Å². The molecule has 6 heteroatoms. The molecule has 1 rings (SSSR count). The van der Waals surface area contributed by atoms with Gasteiger partial charge in [-0.15, -0.1) is 0 Å². The molecule has 1 amide bonds. The minimum Gasteiger partial charge on any atom is -0.356 e. The first-order valence-electron chi connectivity index (χ1n) is 5.49. The minimum atomic E-state index is -4.14. The summed E-state index contributed by atoms with van der Waals surface area (Å²) in [5, 5.41) is 2.70. The van der Waals surface area contributed by atoms with Crippen LogP contribution in [0.5, 0.6) is 0 Å². The van der Waals surface area contributed by atoms with E-state index in [1.807, 2.05) is 6.92 Å². The van der Waals surface area contributed by atoms with Gasteiger partial charge in [-0.3, -0.25) is 9.69 Å². The molecule has 1 fully saturated rings. The summed E-state index contributed by atoms with van der Waals surface area (Å²) >= 11 is 0. The lowest BCUT2D eigenvalue weighted by Crippen LogP contribution is -2.43. The second kappa shape index (κ2) is 5.52. The zero-order valence-electron chi connectivity index (χ0n) is 9.31. The van der Waals surface area contributed by atoms with E-state index in [2.05, 4.69) is 5.32 Å². The summed E-state index contributed by atoms with van der Waals surface area (Å²) in [6.45, 7) is 2.23. The van der Waals surface area contributed by atoms with Crippen molar-refractivity contribution >= 4 is 5.91 Å². The number of rotatable bonds is 3. The standard InChI is InChI=1S/C10H17F3N2O/c1-2-14-9(16)8-3-5-15(6-4-8)7-10(11,12)13/h8H,2-7H2,1H3,(H,14,16). The number of hydrogen-bond acceptors (Lipinski definition) is 2. The molecule has 3 nitrogen and oxygen atoms in total. The van der Waals surface area contributed by atoms with Crippen molar-refractivity contribution in [1.82, 2.24) is 10.2 Å². The van der Waals surface area contributed by atoms with Crippen LogP contribution in [-0.4, -0.2) is 43.2 Å². The molecule has 0 spiro atoms. The van der Waals surface area contributed by atoms with E-state index in [-0.39, 0.29) is 11.8 Å². The third-order valence-corrected chi connectivity index (χ3v) is 2.71. The van der Waals surface area contributed by atoms with Gasteiger partial charge in [0.25, 0.3) is 0 Å². The fourth-order valence-corrected chi connectivity index (χ4v) is 1.93. The topological polar surface area (TPSA) is 32.3 Å². The molecule has 94 valence electrons. The van der Waals surface area contributed by atoms with Crippen molar-refractivity contribution in [2.75, 3.05) is 26.2 Å². The number of likely N-dealkylation sites (tertiary alicyclic amines) is 1. The molecule has 0 aromatic rings. The van der Waals surface area contributed by atoms with Crippen LogP contribution in [0.15, 0.2) is 0 Å². The molecule has 0 radical (unpaired) electrons. The summed E-state index contributed by atoms with van der Waals surface area (Å²) in [6, 6.07) is 0. The van der Waals surface area contributed by atoms with Crippen LogP contribution in [0.2, 0.25) is 0 Å². The van der Waals surface area contributed by atoms with Gasteiger partial charge in [-0.25, -0.2) is 0 Å². The van der Waals surface area contributed by atoms with Crippen molar-refractivity contribution in [3.8, 4) is 0 Å². The largest absolute Gasteiger partial charge is 0.401 e. The average molecular weight is 238 g/mol. The SMILES string of the molecule is CCNC(=O)C1CCN(CC(F)(F)F)CC1. The van der Waals surface area contributed by atoms with Gasteiger partial charge in [-0.1, -0.05) is 0 Å². The lowest BCUT2D eigenvalue weighted by molar-refractivity contribution is -0.149. The summed E-state index contributed by atoms with van der Waals surface area (Å²) in [4.78, 5) is 12.8. The Morgan fingerprint density at radius 3 is 2.38 bits per heavy atom. The van der Waals surface area contributed by atoms with Gasteiger partial charge < -0.3 is 5.32 Å². The molecule has 0 aromatic heterocycles. The Morgan fingerprint density at radius 1 is 1.38 bits per heavy atom. The Bertz CT molecular complexity index is 235. The molecule has 0 aliphatic carbocycles. The van der Waals surface area contributed by atoms with E-state index in [1.165, 1.54) is 4.90 Å². The van der Waals surface area contributed by atoms with Gasteiger partial charge in [0.2, 0.25) is 5.91 Å². The van der Waals surface area contributed by atoms with Crippen LogP contribution in [-0.2, 0) is 4.79 Å². The van der Waals surface area contributed by atoms with Gasteiger partial charge >= 0.3 is 6.18 Å². The lowest BCUT2D eigenvalue weighted by Gasteiger charge is -2.31. The van der Waals surface area contributed by atoms with Gasteiger partial charge in [0.15, 0.2) is 0 Å². The van der Waals surface area contributed by atoms with Crippen LogP contribution in [0.25, 0.3) is 0 Å². The van der Waals surface area contributed by atoms with Gasteiger partial charge in [0, 0.05) is 12.5 Å². The lowest BCUT2D eigenvalue weighted by atomic mass is 9.96. The van der Waals surface area contributed by atoms with Crippen LogP contribution in [0.1, 0.15) is 19.8 Å². The number of alkyl halides is 3. The first-order chi connectivity index (χ1) is 7.42. The Kier molecular flexibility index (Phi) is 4.58. The second-order valence-corrected chi connectivity index (χ2v) is 4.06.